The largest absolute Gasteiger partial charge is 0.507 e. The molecule has 0 aliphatic heterocycles. The van der Waals surface area contributed by atoms with Gasteiger partial charge in [-0.05, 0) is 65.7 Å². The van der Waals surface area contributed by atoms with Gasteiger partial charge in [-0.2, -0.15) is 13.5 Å². The first-order chi connectivity index (χ1) is 16.8. The van der Waals surface area contributed by atoms with Crippen molar-refractivity contribution < 1.29 is 27.2 Å². The highest BCUT2D eigenvalue weighted by atomic mass is 32.2. The van der Waals surface area contributed by atoms with Gasteiger partial charge in [0.25, 0.3) is 5.91 Å². The van der Waals surface area contributed by atoms with Crippen LogP contribution in [-0.4, -0.2) is 32.8 Å². The van der Waals surface area contributed by atoms with Crippen LogP contribution in [0.1, 0.15) is 21.5 Å². The molecule has 35 heavy (non-hydrogen) atoms. The van der Waals surface area contributed by atoms with Crippen LogP contribution in [0.15, 0.2) is 88.9 Å². The van der Waals surface area contributed by atoms with Crippen molar-refractivity contribution in [1.82, 2.24) is 5.43 Å². The number of carbonyl (C=O) groups excluding carboxylic acids is 1. The van der Waals surface area contributed by atoms with Gasteiger partial charge in [0.05, 0.1) is 18.9 Å². The summed E-state index contributed by atoms with van der Waals surface area (Å²) in [4.78, 5) is 12.5. The van der Waals surface area contributed by atoms with Gasteiger partial charge in [0.15, 0.2) is 11.5 Å². The third kappa shape index (κ3) is 5.42. The molecule has 0 fully saturated rings. The summed E-state index contributed by atoms with van der Waals surface area (Å²) in [6.45, 7) is 1.85. The number of hydrogen-bond donors (Lipinski definition) is 2. The van der Waals surface area contributed by atoms with E-state index in [1.807, 2.05) is 31.2 Å². The van der Waals surface area contributed by atoms with E-state index in [2.05, 4.69) is 10.5 Å². The fraction of sp³-hybridized carbons (Fsp3) is 0.0769. The van der Waals surface area contributed by atoms with E-state index >= 15 is 0 Å². The summed E-state index contributed by atoms with van der Waals surface area (Å²) in [6.07, 6.45) is 1.36. The van der Waals surface area contributed by atoms with Crippen LogP contribution in [0.2, 0.25) is 0 Å². The van der Waals surface area contributed by atoms with E-state index in [1.54, 1.807) is 24.3 Å². The second-order valence-electron chi connectivity index (χ2n) is 7.68. The fourth-order valence-corrected chi connectivity index (χ4v) is 4.28. The standard InChI is InChI=1S/C26H22N2O6S/c1-17-7-10-21(11-8-17)35(31,32)34-24-12-9-18(13-25(24)33-2)16-27-28-26(30)22-14-19-5-3-4-6-20(19)15-23(22)29/h3-16,29H,1-2H3,(H,28,30)/b27-16+. The number of fused-ring (bicyclic) bond motifs is 1. The lowest BCUT2D eigenvalue weighted by Gasteiger charge is -2.11. The number of phenols is 1. The van der Waals surface area contributed by atoms with Crippen molar-refractivity contribution in [1.29, 1.82) is 0 Å². The number of rotatable bonds is 7. The van der Waals surface area contributed by atoms with Crippen LogP contribution in [0.4, 0.5) is 0 Å². The molecule has 0 heterocycles. The Labute approximate surface area is 202 Å². The Bertz CT molecular complexity index is 1530. The predicted octanol–water partition coefficient (Wildman–Crippen LogP) is 4.39. The Morgan fingerprint density at radius 2 is 1.63 bits per heavy atom. The highest BCUT2D eigenvalue weighted by Crippen LogP contribution is 2.30. The van der Waals surface area contributed by atoms with Crippen LogP contribution in [0.25, 0.3) is 10.8 Å². The molecule has 4 rings (SSSR count). The van der Waals surface area contributed by atoms with E-state index in [0.717, 1.165) is 16.3 Å². The van der Waals surface area contributed by atoms with Crippen LogP contribution in [0.5, 0.6) is 17.2 Å². The molecule has 0 saturated carbocycles. The van der Waals surface area contributed by atoms with Gasteiger partial charge in [-0.15, -0.1) is 0 Å². The average molecular weight is 491 g/mol. The number of aromatic hydroxyl groups is 1. The van der Waals surface area contributed by atoms with Crippen molar-refractivity contribution in [3.05, 3.63) is 95.6 Å². The zero-order chi connectivity index (χ0) is 25.0. The van der Waals surface area contributed by atoms with Gasteiger partial charge in [-0.1, -0.05) is 42.0 Å². The number of methoxy groups -OCH3 is 1. The molecule has 0 unspecified atom stereocenters. The number of benzene rings is 4. The molecule has 0 bridgehead atoms. The second-order valence-corrected chi connectivity index (χ2v) is 9.22. The lowest BCUT2D eigenvalue weighted by molar-refractivity contribution is 0.0952. The summed E-state index contributed by atoms with van der Waals surface area (Å²) in [7, 11) is -2.67. The monoisotopic (exact) mass is 490 g/mol. The normalized spacial score (nSPS) is 11.5. The van der Waals surface area contributed by atoms with Gasteiger partial charge in [0.1, 0.15) is 10.6 Å². The van der Waals surface area contributed by atoms with Crippen LogP contribution >= 0.6 is 0 Å². The van der Waals surface area contributed by atoms with Crippen molar-refractivity contribution in [3.63, 3.8) is 0 Å². The highest BCUT2D eigenvalue weighted by molar-refractivity contribution is 7.87. The van der Waals surface area contributed by atoms with E-state index in [9.17, 15) is 18.3 Å². The van der Waals surface area contributed by atoms with Gasteiger partial charge in [0, 0.05) is 0 Å². The van der Waals surface area contributed by atoms with E-state index < -0.39 is 16.0 Å². The van der Waals surface area contributed by atoms with Gasteiger partial charge >= 0.3 is 10.1 Å². The molecule has 9 heteroatoms. The number of aryl methyl sites for hydroxylation is 1. The topological polar surface area (TPSA) is 114 Å². The van der Waals surface area contributed by atoms with Crippen molar-refractivity contribution in [3.8, 4) is 17.2 Å². The smallest absolute Gasteiger partial charge is 0.339 e. The van der Waals surface area contributed by atoms with Crippen LogP contribution in [-0.2, 0) is 10.1 Å². The minimum atomic E-state index is -4.05. The van der Waals surface area contributed by atoms with Gasteiger partial charge in [-0.3, -0.25) is 4.79 Å². The number of amides is 1. The lowest BCUT2D eigenvalue weighted by atomic mass is 10.1. The fourth-order valence-electron chi connectivity index (χ4n) is 3.34. The number of carbonyl (C=O) groups is 1. The predicted molar refractivity (Wildman–Crippen MR) is 133 cm³/mol. The summed E-state index contributed by atoms with van der Waals surface area (Å²) < 4.78 is 35.7. The third-order valence-electron chi connectivity index (χ3n) is 5.19. The maximum atomic E-state index is 12.6. The number of hydrogen-bond acceptors (Lipinski definition) is 7. The van der Waals surface area contributed by atoms with Gasteiger partial charge < -0.3 is 14.0 Å². The SMILES string of the molecule is COc1cc(/C=N/NC(=O)c2cc3ccccc3cc2O)ccc1OS(=O)(=O)c1ccc(C)cc1. The molecular weight excluding hydrogens is 468 g/mol. The van der Waals surface area contributed by atoms with E-state index in [0.29, 0.717) is 5.56 Å². The zero-order valence-electron chi connectivity index (χ0n) is 18.9. The van der Waals surface area contributed by atoms with E-state index in [-0.39, 0.29) is 27.7 Å². The summed E-state index contributed by atoms with van der Waals surface area (Å²) in [5, 5.41) is 15.7. The molecule has 0 spiro atoms. The molecule has 0 atom stereocenters. The van der Waals surface area contributed by atoms with Gasteiger partial charge in [0.2, 0.25) is 0 Å². The lowest BCUT2D eigenvalue weighted by Crippen LogP contribution is -2.17. The Hall–Kier alpha value is -4.37. The number of nitrogens with one attached hydrogen (secondary N) is 1. The van der Waals surface area contributed by atoms with Crippen LogP contribution in [0.3, 0.4) is 0 Å². The Morgan fingerprint density at radius 3 is 2.31 bits per heavy atom. The van der Waals surface area contributed by atoms with Crippen molar-refractivity contribution in [2.45, 2.75) is 11.8 Å². The molecule has 1 amide bonds. The number of nitrogens with zero attached hydrogens (tertiary/aromatic N) is 1. The number of phenolic OH excluding ortho intramolecular Hbond substituents is 1. The Morgan fingerprint density at radius 1 is 0.943 bits per heavy atom. The van der Waals surface area contributed by atoms with Crippen LogP contribution in [0, 0.1) is 6.92 Å². The summed E-state index contributed by atoms with van der Waals surface area (Å²) >= 11 is 0. The van der Waals surface area contributed by atoms with Crippen molar-refractivity contribution in [2.24, 2.45) is 5.10 Å². The third-order valence-corrected chi connectivity index (χ3v) is 6.43. The maximum absolute atomic E-state index is 12.6. The Kier molecular flexibility index (Phi) is 6.70. The first-order valence-corrected chi connectivity index (χ1v) is 11.9. The molecule has 0 aliphatic carbocycles. The minimum absolute atomic E-state index is 0.00958. The molecule has 4 aromatic carbocycles. The first kappa shape index (κ1) is 23.8. The molecular formula is C26H22N2O6S. The second kappa shape index (κ2) is 9.86. The summed E-state index contributed by atoms with van der Waals surface area (Å²) in [6, 6.07) is 21.3. The molecule has 4 aromatic rings. The number of hydrazone groups is 1. The van der Waals surface area contributed by atoms with Crippen molar-refractivity contribution in [2.75, 3.05) is 7.11 Å². The van der Waals surface area contributed by atoms with E-state index in [4.69, 9.17) is 8.92 Å². The quantitative estimate of drug-likeness (QED) is 0.226. The summed E-state index contributed by atoms with van der Waals surface area (Å²) in [5.74, 6) is -0.562. The zero-order valence-corrected chi connectivity index (χ0v) is 19.7. The molecule has 0 aromatic heterocycles. The first-order valence-electron chi connectivity index (χ1n) is 10.5. The molecule has 2 N–H and O–H groups in total. The molecule has 0 saturated heterocycles. The minimum Gasteiger partial charge on any atom is -0.507 e. The van der Waals surface area contributed by atoms with Crippen LogP contribution < -0.4 is 14.3 Å². The molecule has 178 valence electrons. The molecule has 0 radical (unpaired) electrons. The van der Waals surface area contributed by atoms with Gasteiger partial charge in [-0.25, -0.2) is 5.43 Å². The van der Waals surface area contributed by atoms with E-state index in [1.165, 1.54) is 43.7 Å². The summed E-state index contributed by atoms with van der Waals surface area (Å²) in [5.41, 5.74) is 3.90. The van der Waals surface area contributed by atoms with Crippen molar-refractivity contribution >= 4 is 33.0 Å². The Balaban J connectivity index is 1.48. The molecule has 0 aliphatic rings. The number of ether oxygens (including phenoxy) is 1. The maximum Gasteiger partial charge on any atom is 0.339 e. The highest BCUT2D eigenvalue weighted by Gasteiger charge is 2.19. The molecule has 8 nitrogen and oxygen atoms in total. The average Bonchev–Trinajstić information content (AvgIpc) is 2.84.